The zero-order valence-corrected chi connectivity index (χ0v) is 13.9. The average Bonchev–Trinajstić information content (AvgIpc) is 2.28. The molecule has 0 aliphatic heterocycles. The zero-order valence-electron chi connectivity index (χ0n) is 12.4. The number of sulfonamides is 1. The number of rotatable bonds is 5. The lowest BCUT2D eigenvalue weighted by Crippen LogP contribution is -2.27. The highest BCUT2D eigenvalue weighted by atomic mass is 35.5. The molecule has 0 atom stereocenters. The van der Waals surface area contributed by atoms with E-state index in [0.717, 1.165) is 6.26 Å². The van der Waals surface area contributed by atoms with E-state index < -0.39 is 15.6 Å². The molecule has 0 fully saturated rings. The third-order valence-corrected chi connectivity index (χ3v) is 3.09. The van der Waals surface area contributed by atoms with Crippen molar-refractivity contribution in [2.45, 2.75) is 26.4 Å². The molecule has 118 valence electrons. The number of nitrogens with one attached hydrogen (secondary N) is 2. The van der Waals surface area contributed by atoms with Crippen LogP contribution in [-0.2, 0) is 19.6 Å². The van der Waals surface area contributed by atoms with Crippen molar-refractivity contribution < 1.29 is 17.9 Å². The second kappa shape index (κ2) is 6.64. The summed E-state index contributed by atoms with van der Waals surface area (Å²) < 4.78 is 29.9. The fraction of sp³-hybridized carbons (Fsp3) is 0.462. The van der Waals surface area contributed by atoms with Crippen molar-refractivity contribution in [3.8, 4) is 0 Å². The van der Waals surface area contributed by atoms with Crippen LogP contribution in [0.4, 0.5) is 11.4 Å². The predicted molar refractivity (Wildman–Crippen MR) is 84.3 cm³/mol. The predicted octanol–water partition coefficient (Wildman–Crippen LogP) is 2.47. The molecule has 0 aromatic heterocycles. The molecular weight excluding hydrogens is 316 g/mol. The van der Waals surface area contributed by atoms with E-state index in [9.17, 15) is 13.2 Å². The topological polar surface area (TPSA) is 84.5 Å². The van der Waals surface area contributed by atoms with Crippen molar-refractivity contribution in [1.82, 2.24) is 0 Å². The van der Waals surface area contributed by atoms with Gasteiger partial charge < -0.3 is 10.1 Å². The Hall–Kier alpha value is -1.31. The number of halogens is 1. The van der Waals surface area contributed by atoms with Gasteiger partial charge in [-0.05, 0) is 39.0 Å². The Morgan fingerprint density at radius 2 is 1.95 bits per heavy atom. The Balaban J connectivity index is 2.70. The summed E-state index contributed by atoms with van der Waals surface area (Å²) in [7, 11) is -3.40. The molecule has 8 heteroatoms. The maximum atomic E-state index is 11.7. The van der Waals surface area contributed by atoms with E-state index in [-0.39, 0.29) is 23.2 Å². The summed E-state index contributed by atoms with van der Waals surface area (Å²) in [5.74, 6) is -0.315. The summed E-state index contributed by atoms with van der Waals surface area (Å²) in [6.45, 7) is 5.47. The minimum atomic E-state index is -3.40. The molecule has 1 aromatic rings. The van der Waals surface area contributed by atoms with Crippen molar-refractivity contribution in [3.05, 3.63) is 23.2 Å². The molecule has 0 aliphatic rings. The van der Waals surface area contributed by atoms with Crippen LogP contribution in [0.15, 0.2) is 18.2 Å². The van der Waals surface area contributed by atoms with Gasteiger partial charge >= 0.3 is 0 Å². The molecule has 0 unspecified atom stereocenters. The Labute approximate surface area is 129 Å². The van der Waals surface area contributed by atoms with Gasteiger partial charge in [-0.2, -0.15) is 0 Å². The Morgan fingerprint density at radius 1 is 1.33 bits per heavy atom. The van der Waals surface area contributed by atoms with Crippen molar-refractivity contribution in [1.29, 1.82) is 0 Å². The second-order valence-corrected chi connectivity index (χ2v) is 7.67. The van der Waals surface area contributed by atoms with E-state index in [0.29, 0.717) is 5.69 Å². The molecule has 6 nitrogen and oxygen atoms in total. The molecular formula is C13H19ClN2O4S. The highest BCUT2D eigenvalue weighted by Crippen LogP contribution is 2.26. The summed E-state index contributed by atoms with van der Waals surface area (Å²) >= 11 is 5.96. The summed E-state index contributed by atoms with van der Waals surface area (Å²) in [5.41, 5.74) is 0.308. The number of ether oxygens (including phenoxy) is 1. The minimum Gasteiger partial charge on any atom is -0.366 e. The van der Waals surface area contributed by atoms with Gasteiger partial charge in [0.05, 0.1) is 22.6 Å². The summed E-state index contributed by atoms with van der Waals surface area (Å²) in [6, 6.07) is 4.49. The van der Waals surface area contributed by atoms with Gasteiger partial charge in [0.2, 0.25) is 15.9 Å². The highest BCUT2D eigenvalue weighted by molar-refractivity contribution is 7.92. The molecule has 2 N–H and O–H groups in total. The van der Waals surface area contributed by atoms with Gasteiger partial charge in [0.15, 0.2) is 0 Å². The van der Waals surface area contributed by atoms with Crippen molar-refractivity contribution in [3.63, 3.8) is 0 Å². The third-order valence-electron chi connectivity index (χ3n) is 2.18. The minimum absolute atomic E-state index is 0.0789. The molecule has 0 aliphatic carbocycles. The van der Waals surface area contributed by atoms with E-state index in [4.69, 9.17) is 16.3 Å². The molecule has 1 aromatic carbocycles. The Morgan fingerprint density at radius 3 is 2.43 bits per heavy atom. The Kier molecular flexibility index (Phi) is 5.61. The van der Waals surface area contributed by atoms with Crippen molar-refractivity contribution in [2.24, 2.45) is 0 Å². The fourth-order valence-electron chi connectivity index (χ4n) is 1.35. The lowest BCUT2D eigenvalue weighted by Gasteiger charge is -2.19. The number of amides is 1. The summed E-state index contributed by atoms with van der Waals surface area (Å²) in [5, 5.41) is 2.81. The van der Waals surface area contributed by atoms with E-state index in [2.05, 4.69) is 10.0 Å². The van der Waals surface area contributed by atoms with Crippen LogP contribution in [0, 0.1) is 0 Å². The van der Waals surface area contributed by atoms with Gasteiger partial charge in [-0.25, -0.2) is 8.42 Å². The number of anilines is 2. The maximum Gasteiger partial charge on any atom is 0.250 e. The summed E-state index contributed by atoms with van der Waals surface area (Å²) in [4.78, 5) is 11.7. The smallest absolute Gasteiger partial charge is 0.250 e. The van der Waals surface area contributed by atoms with E-state index >= 15 is 0 Å². The largest absolute Gasteiger partial charge is 0.366 e. The summed E-state index contributed by atoms with van der Waals surface area (Å²) in [6.07, 6.45) is 1.03. The van der Waals surface area contributed by atoms with Crippen LogP contribution in [0.25, 0.3) is 0 Å². The molecule has 0 radical (unpaired) electrons. The number of hydrogen-bond acceptors (Lipinski definition) is 4. The van der Waals surface area contributed by atoms with Crippen LogP contribution in [-0.4, -0.2) is 32.8 Å². The molecule has 0 heterocycles. The second-order valence-electron chi connectivity index (χ2n) is 5.52. The van der Waals surface area contributed by atoms with Crippen LogP contribution < -0.4 is 10.0 Å². The van der Waals surface area contributed by atoms with E-state index in [1.165, 1.54) is 12.1 Å². The van der Waals surface area contributed by atoms with Crippen LogP contribution in [0.2, 0.25) is 5.02 Å². The van der Waals surface area contributed by atoms with Gasteiger partial charge in [0.1, 0.15) is 6.61 Å². The van der Waals surface area contributed by atoms with Crippen LogP contribution in [0.3, 0.4) is 0 Å². The molecule has 0 saturated heterocycles. The fourth-order valence-corrected chi connectivity index (χ4v) is 2.22. The Bertz CT molecular complexity index is 624. The molecule has 21 heavy (non-hydrogen) atoms. The molecule has 0 spiro atoms. The van der Waals surface area contributed by atoms with Crippen molar-refractivity contribution >= 4 is 38.9 Å². The quantitative estimate of drug-likeness (QED) is 0.866. The number of hydrogen-bond donors (Lipinski definition) is 2. The SMILES string of the molecule is CC(C)(C)OCC(=O)Nc1ccc(NS(C)(=O)=O)c(Cl)c1. The van der Waals surface area contributed by atoms with Gasteiger partial charge in [0.25, 0.3) is 0 Å². The monoisotopic (exact) mass is 334 g/mol. The molecule has 1 rings (SSSR count). The number of carbonyl (C=O) groups is 1. The molecule has 0 saturated carbocycles. The zero-order chi connectivity index (χ0) is 16.3. The normalized spacial score (nSPS) is 12.0. The lowest BCUT2D eigenvalue weighted by molar-refractivity contribution is -0.125. The first kappa shape index (κ1) is 17.7. The first-order valence-corrected chi connectivity index (χ1v) is 8.44. The molecule has 0 bridgehead atoms. The van der Waals surface area contributed by atoms with Crippen LogP contribution in [0.1, 0.15) is 20.8 Å². The lowest BCUT2D eigenvalue weighted by atomic mass is 10.2. The number of benzene rings is 1. The van der Waals surface area contributed by atoms with Crippen molar-refractivity contribution in [2.75, 3.05) is 22.9 Å². The first-order valence-electron chi connectivity index (χ1n) is 6.17. The average molecular weight is 335 g/mol. The molecule has 1 amide bonds. The number of carbonyl (C=O) groups excluding carboxylic acids is 1. The first-order chi connectivity index (χ1) is 9.46. The van der Waals surface area contributed by atoms with Crippen LogP contribution in [0.5, 0.6) is 0 Å². The van der Waals surface area contributed by atoms with Gasteiger partial charge in [0, 0.05) is 5.69 Å². The standard InChI is InChI=1S/C13H19ClN2O4S/c1-13(2,3)20-8-12(17)15-9-5-6-11(10(14)7-9)16-21(4,18)19/h5-7,16H,8H2,1-4H3,(H,15,17). The van der Waals surface area contributed by atoms with Gasteiger partial charge in [-0.1, -0.05) is 11.6 Å². The van der Waals surface area contributed by atoms with E-state index in [1.54, 1.807) is 6.07 Å². The van der Waals surface area contributed by atoms with Crippen LogP contribution >= 0.6 is 11.6 Å². The maximum absolute atomic E-state index is 11.7. The highest BCUT2D eigenvalue weighted by Gasteiger charge is 2.13. The van der Waals surface area contributed by atoms with E-state index in [1.807, 2.05) is 20.8 Å². The van der Waals surface area contributed by atoms with Gasteiger partial charge in [-0.15, -0.1) is 0 Å². The van der Waals surface area contributed by atoms with Gasteiger partial charge in [-0.3, -0.25) is 9.52 Å². The third kappa shape index (κ3) is 7.31.